The number of rotatable bonds is 5. The molecule has 0 spiro atoms. The van der Waals surface area contributed by atoms with Gasteiger partial charge < -0.3 is 9.84 Å². The molecule has 0 radical (unpaired) electrons. The van der Waals surface area contributed by atoms with Gasteiger partial charge in [0.1, 0.15) is 5.75 Å². The molecule has 0 unspecified atom stereocenters. The maximum atomic E-state index is 11.3. The number of pyridine rings is 1. The van der Waals surface area contributed by atoms with Crippen LogP contribution < -0.4 is 4.74 Å². The van der Waals surface area contributed by atoms with Crippen molar-refractivity contribution < 1.29 is 14.6 Å². The van der Waals surface area contributed by atoms with Crippen molar-refractivity contribution in [2.45, 2.75) is 13.3 Å². The Labute approximate surface area is 122 Å². The summed E-state index contributed by atoms with van der Waals surface area (Å²) in [6.45, 7) is 2.61. The van der Waals surface area contributed by atoms with E-state index in [1.54, 1.807) is 30.6 Å². The minimum absolute atomic E-state index is 0.145. The fourth-order valence-corrected chi connectivity index (χ4v) is 1.98. The maximum Gasteiger partial charge on any atom is 0.336 e. The van der Waals surface area contributed by atoms with Crippen LogP contribution in [0, 0.1) is 0 Å². The van der Waals surface area contributed by atoms with Gasteiger partial charge in [-0.1, -0.05) is 24.6 Å². The predicted molar refractivity (Wildman–Crippen MR) is 77.4 cm³/mol. The monoisotopic (exact) mass is 291 g/mol. The Hall–Kier alpha value is -2.07. The number of carboxylic acid groups (broad SMARTS) is 1. The summed E-state index contributed by atoms with van der Waals surface area (Å²) in [5.41, 5.74) is 1.40. The molecule has 1 heterocycles. The van der Waals surface area contributed by atoms with Gasteiger partial charge >= 0.3 is 5.97 Å². The van der Waals surface area contributed by atoms with E-state index in [0.29, 0.717) is 28.5 Å². The van der Waals surface area contributed by atoms with Crippen LogP contribution in [0.2, 0.25) is 5.02 Å². The average molecular weight is 292 g/mol. The standard InChI is InChI=1S/C15H14ClNO3/c1-2-5-20-12-6-10(8-17-9-12)13-4-3-11(16)7-14(13)15(18)19/h3-4,6-9H,2,5H2,1H3,(H,18,19). The van der Waals surface area contributed by atoms with Crippen LogP contribution >= 0.6 is 11.6 Å². The van der Waals surface area contributed by atoms with Crippen LogP contribution in [-0.2, 0) is 0 Å². The van der Waals surface area contributed by atoms with Crippen LogP contribution in [0.5, 0.6) is 5.75 Å². The Kier molecular flexibility index (Phi) is 4.58. The van der Waals surface area contributed by atoms with Gasteiger partial charge in [-0.2, -0.15) is 0 Å². The number of benzene rings is 1. The summed E-state index contributed by atoms with van der Waals surface area (Å²) < 4.78 is 5.51. The molecule has 0 aliphatic rings. The molecule has 0 aliphatic carbocycles. The zero-order chi connectivity index (χ0) is 14.5. The summed E-state index contributed by atoms with van der Waals surface area (Å²) in [5.74, 6) is -0.405. The molecule has 5 heteroatoms. The predicted octanol–water partition coefficient (Wildman–Crippen LogP) is 3.89. The molecule has 1 aromatic carbocycles. The molecule has 0 aliphatic heterocycles. The van der Waals surface area contributed by atoms with Crippen LogP contribution in [0.4, 0.5) is 0 Å². The van der Waals surface area contributed by atoms with Crippen molar-refractivity contribution in [1.29, 1.82) is 0 Å². The van der Waals surface area contributed by atoms with Crippen LogP contribution in [0.15, 0.2) is 36.7 Å². The molecule has 0 amide bonds. The third-order valence-corrected chi connectivity index (χ3v) is 2.94. The Morgan fingerprint density at radius 2 is 2.15 bits per heavy atom. The summed E-state index contributed by atoms with van der Waals surface area (Å²) in [7, 11) is 0. The first-order chi connectivity index (χ1) is 9.61. The molecular formula is C15H14ClNO3. The Balaban J connectivity index is 2.43. The SMILES string of the molecule is CCCOc1cncc(-c2ccc(Cl)cc2C(=O)O)c1. The van der Waals surface area contributed by atoms with Crippen LogP contribution in [-0.4, -0.2) is 22.7 Å². The summed E-state index contributed by atoms with van der Waals surface area (Å²) in [4.78, 5) is 15.4. The number of aromatic nitrogens is 1. The second-order valence-corrected chi connectivity index (χ2v) is 4.69. The van der Waals surface area contributed by atoms with E-state index in [1.807, 2.05) is 6.92 Å². The van der Waals surface area contributed by atoms with Crippen molar-refractivity contribution in [1.82, 2.24) is 4.98 Å². The normalized spacial score (nSPS) is 10.3. The number of carboxylic acids is 1. The second kappa shape index (κ2) is 6.39. The molecular weight excluding hydrogens is 278 g/mol. The fraction of sp³-hybridized carbons (Fsp3) is 0.200. The number of aromatic carboxylic acids is 1. The van der Waals surface area contributed by atoms with Crippen molar-refractivity contribution in [2.75, 3.05) is 6.61 Å². The van der Waals surface area contributed by atoms with E-state index in [-0.39, 0.29) is 5.56 Å². The summed E-state index contributed by atoms with van der Waals surface area (Å²) >= 11 is 5.84. The van der Waals surface area contributed by atoms with E-state index >= 15 is 0 Å². The first-order valence-electron chi connectivity index (χ1n) is 6.23. The lowest BCUT2D eigenvalue weighted by Crippen LogP contribution is -2.00. The first kappa shape index (κ1) is 14.3. The molecule has 0 atom stereocenters. The minimum Gasteiger partial charge on any atom is -0.492 e. The van der Waals surface area contributed by atoms with Gasteiger partial charge in [0.2, 0.25) is 0 Å². The fourth-order valence-electron chi connectivity index (χ4n) is 1.81. The van der Waals surface area contributed by atoms with E-state index in [2.05, 4.69) is 4.98 Å². The Morgan fingerprint density at radius 3 is 2.85 bits per heavy atom. The third-order valence-electron chi connectivity index (χ3n) is 2.71. The van der Waals surface area contributed by atoms with Crippen molar-refractivity contribution in [3.05, 3.63) is 47.2 Å². The highest BCUT2D eigenvalue weighted by atomic mass is 35.5. The highest BCUT2D eigenvalue weighted by Gasteiger charge is 2.13. The molecule has 1 aromatic heterocycles. The van der Waals surface area contributed by atoms with Gasteiger partial charge in [-0.3, -0.25) is 4.98 Å². The summed E-state index contributed by atoms with van der Waals surface area (Å²) in [5, 5.41) is 9.64. The number of ether oxygens (including phenoxy) is 1. The number of nitrogens with zero attached hydrogens (tertiary/aromatic N) is 1. The molecule has 104 valence electrons. The summed E-state index contributed by atoms with van der Waals surface area (Å²) in [6.07, 6.45) is 4.11. The molecule has 20 heavy (non-hydrogen) atoms. The quantitative estimate of drug-likeness (QED) is 0.908. The van der Waals surface area contributed by atoms with Gasteiger partial charge in [0, 0.05) is 16.8 Å². The molecule has 2 rings (SSSR count). The van der Waals surface area contributed by atoms with Crippen LogP contribution in [0.1, 0.15) is 23.7 Å². The smallest absolute Gasteiger partial charge is 0.336 e. The molecule has 0 fully saturated rings. The minimum atomic E-state index is -1.03. The van der Waals surface area contributed by atoms with E-state index < -0.39 is 5.97 Å². The second-order valence-electron chi connectivity index (χ2n) is 4.25. The Bertz CT molecular complexity index is 628. The lowest BCUT2D eigenvalue weighted by atomic mass is 10.0. The first-order valence-corrected chi connectivity index (χ1v) is 6.60. The third kappa shape index (κ3) is 3.27. The van der Waals surface area contributed by atoms with E-state index in [1.165, 1.54) is 6.07 Å². The van der Waals surface area contributed by atoms with Crippen LogP contribution in [0.3, 0.4) is 0 Å². The number of hydrogen-bond donors (Lipinski definition) is 1. The van der Waals surface area contributed by atoms with E-state index in [0.717, 1.165) is 6.42 Å². The van der Waals surface area contributed by atoms with Crippen molar-refractivity contribution in [3.8, 4) is 16.9 Å². The molecule has 0 saturated carbocycles. The zero-order valence-electron chi connectivity index (χ0n) is 11.0. The molecule has 4 nitrogen and oxygen atoms in total. The van der Waals surface area contributed by atoms with Gasteiger partial charge in [-0.25, -0.2) is 4.79 Å². The van der Waals surface area contributed by atoms with E-state index in [9.17, 15) is 9.90 Å². The zero-order valence-corrected chi connectivity index (χ0v) is 11.7. The highest BCUT2D eigenvalue weighted by molar-refractivity contribution is 6.31. The van der Waals surface area contributed by atoms with Crippen molar-refractivity contribution in [3.63, 3.8) is 0 Å². The average Bonchev–Trinajstić information content (AvgIpc) is 2.45. The van der Waals surface area contributed by atoms with Crippen molar-refractivity contribution in [2.24, 2.45) is 0 Å². The maximum absolute atomic E-state index is 11.3. The van der Waals surface area contributed by atoms with Gasteiger partial charge in [-0.15, -0.1) is 0 Å². The lowest BCUT2D eigenvalue weighted by molar-refractivity contribution is 0.0697. The lowest BCUT2D eigenvalue weighted by Gasteiger charge is -2.09. The summed E-state index contributed by atoms with van der Waals surface area (Å²) in [6, 6.07) is 6.53. The number of carbonyl (C=O) groups is 1. The molecule has 0 bridgehead atoms. The highest BCUT2D eigenvalue weighted by Crippen LogP contribution is 2.28. The number of hydrogen-bond acceptors (Lipinski definition) is 3. The Morgan fingerprint density at radius 1 is 1.35 bits per heavy atom. The van der Waals surface area contributed by atoms with Gasteiger partial charge in [0.15, 0.2) is 0 Å². The van der Waals surface area contributed by atoms with Crippen LogP contribution in [0.25, 0.3) is 11.1 Å². The number of halogens is 1. The van der Waals surface area contributed by atoms with Crippen molar-refractivity contribution >= 4 is 17.6 Å². The molecule has 1 N–H and O–H groups in total. The van der Waals surface area contributed by atoms with Gasteiger partial charge in [-0.05, 0) is 30.2 Å². The van der Waals surface area contributed by atoms with Gasteiger partial charge in [0.05, 0.1) is 18.4 Å². The largest absolute Gasteiger partial charge is 0.492 e. The topological polar surface area (TPSA) is 59.4 Å². The van der Waals surface area contributed by atoms with E-state index in [4.69, 9.17) is 16.3 Å². The van der Waals surface area contributed by atoms with Gasteiger partial charge in [0.25, 0.3) is 0 Å². The molecule has 0 saturated heterocycles. The molecule has 2 aromatic rings.